The molecule has 5 heteroatoms. The van der Waals surface area contributed by atoms with Gasteiger partial charge in [0.15, 0.2) is 15.0 Å². The summed E-state index contributed by atoms with van der Waals surface area (Å²) in [6.07, 6.45) is 3.62. The predicted octanol–water partition coefficient (Wildman–Crippen LogP) is 1.58. The molecule has 1 saturated heterocycles. The zero-order valence-electron chi connectivity index (χ0n) is 12.3. The van der Waals surface area contributed by atoms with Gasteiger partial charge in [-0.2, -0.15) is 0 Å². The molecule has 1 saturated carbocycles. The maximum absolute atomic E-state index is 6.36. The van der Waals surface area contributed by atoms with Gasteiger partial charge < -0.3 is 9.31 Å². The Morgan fingerprint density at radius 2 is 1.82 bits per heavy atom. The lowest BCUT2D eigenvalue weighted by Crippen LogP contribution is -2.65. The monoisotopic (exact) mass is 234 g/mol. The maximum Gasteiger partial charge on any atom is 0.397 e. The minimum absolute atomic E-state index is 0.0591. The Labute approximate surface area is 108 Å². The van der Waals surface area contributed by atoms with Gasteiger partial charge in [0, 0.05) is 0 Å². The van der Waals surface area contributed by atoms with Crippen LogP contribution in [0.4, 0.5) is 0 Å². The highest BCUT2D eigenvalue weighted by Crippen LogP contribution is 2.56. The topological polar surface area (TPSA) is 18.5 Å². The second-order valence-corrected chi connectivity index (χ2v) is 7.20. The summed E-state index contributed by atoms with van der Waals surface area (Å²) in [6.45, 7) is 11.5. The van der Waals surface area contributed by atoms with Crippen LogP contribution in [0.3, 0.4) is 0 Å². The minimum Gasteiger partial charge on any atom is -0.416 e. The summed E-state index contributed by atoms with van der Waals surface area (Å²) in [4.78, 5) is 0. The average Bonchev–Trinajstić information content (AvgIpc) is 2.37. The fraction of sp³-hybridized carbons (Fsp3) is 1.00. The van der Waals surface area contributed by atoms with Gasteiger partial charge in [-0.3, -0.25) is 0 Å². The molecule has 2 atom stereocenters. The van der Waals surface area contributed by atoms with E-state index in [-0.39, 0.29) is 23.5 Å². The van der Waals surface area contributed by atoms with E-state index in [0.717, 1.165) is 13.7 Å². The summed E-state index contributed by atoms with van der Waals surface area (Å²) < 4.78 is 12.5. The predicted molar refractivity (Wildman–Crippen MR) is 77.5 cm³/mol. The third kappa shape index (κ3) is 1.90. The van der Waals surface area contributed by atoms with Crippen molar-refractivity contribution >= 4 is 22.0 Å². The second kappa shape index (κ2) is 4.06. The molecule has 0 bridgehead atoms. The van der Waals surface area contributed by atoms with Crippen molar-refractivity contribution in [1.29, 1.82) is 0 Å². The fourth-order valence-corrected chi connectivity index (χ4v) is 4.21. The van der Waals surface area contributed by atoms with Crippen molar-refractivity contribution in [2.24, 2.45) is 5.41 Å². The van der Waals surface area contributed by atoms with Gasteiger partial charge >= 0.3 is 7.01 Å². The van der Waals surface area contributed by atoms with Gasteiger partial charge in [-0.25, -0.2) is 0 Å². The molecule has 0 aromatic heterocycles. The number of hydrogen-bond acceptors (Lipinski definition) is 2. The molecule has 0 radical (unpaired) electrons. The van der Waals surface area contributed by atoms with E-state index in [4.69, 9.17) is 9.31 Å². The molecular weight excluding hydrogens is 209 g/mol. The normalized spacial score (nSPS) is 40.5. The first kappa shape index (κ1) is 13.5. The zero-order valence-corrected chi connectivity index (χ0v) is 12.3. The van der Waals surface area contributed by atoms with E-state index in [9.17, 15) is 0 Å². The Morgan fingerprint density at radius 1 is 1.18 bits per heavy atom. The molecule has 2 rings (SSSR count). The van der Waals surface area contributed by atoms with Crippen LogP contribution in [0.15, 0.2) is 0 Å². The third-order valence-electron chi connectivity index (χ3n) is 4.89. The molecule has 2 aliphatic rings. The van der Waals surface area contributed by atoms with Crippen LogP contribution in [0.2, 0.25) is 5.82 Å². The Morgan fingerprint density at radius 3 is 2.41 bits per heavy atom. The molecular formula is C12H25B3O2. The highest BCUT2D eigenvalue weighted by atomic mass is 16.7. The molecule has 1 heterocycles. The van der Waals surface area contributed by atoms with E-state index < -0.39 is 0 Å². The lowest BCUT2D eigenvalue weighted by atomic mass is 9.37. The standard InChI is InChI=1S/C12H25B3O2/c1-9(2)14-12-10(3,4)7-6-8-11(12,5)16-15(13)17-12/h9,14H,6-8,13H2,1-5H3. The van der Waals surface area contributed by atoms with Gasteiger partial charge in [0.25, 0.3) is 0 Å². The highest BCUT2D eigenvalue weighted by Gasteiger charge is 2.65. The summed E-state index contributed by atoms with van der Waals surface area (Å²) in [5, 5.41) is 0. The molecule has 0 amide bonds. The summed E-state index contributed by atoms with van der Waals surface area (Å²) in [7, 11) is 3.08. The Kier molecular flexibility index (Phi) is 3.23. The van der Waals surface area contributed by atoms with Crippen molar-refractivity contribution < 1.29 is 9.31 Å². The van der Waals surface area contributed by atoms with E-state index in [1.165, 1.54) is 12.8 Å². The van der Waals surface area contributed by atoms with Crippen molar-refractivity contribution in [3.05, 3.63) is 0 Å². The van der Waals surface area contributed by atoms with Crippen molar-refractivity contribution in [1.82, 2.24) is 0 Å². The summed E-state index contributed by atoms with van der Waals surface area (Å²) in [6, 6.07) is 0. The fourth-order valence-electron chi connectivity index (χ4n) is 4.21. The Balaban J connectivity index is 2.42. The smallest absolute Gasteiger partial charge is 0.397 e. The quantitative estimate of drug-likeness (QED) is 0.675. The zero-order chi connectivity index (χ0) is 12.9. The number of rotatable bonds is 2. The van der Waals surface area contributed by atoms with E-state index in [0.29, 0.717) is 5.82 Å². The molecule has 17 heavy (non-hydrogen) atoms. The van der Waals surface area contributed by atoms with Gasteiger partial charge in [0.05, 0.1) is 11.1 Å². The number of hydrogen-bond donors (Lipinski definition) is 0. The third-order valence-corrected chi connectivity index (χ3v) is 4.89. The van der Waals surface area contributed by atoms with Crippen LogP contribution in [0, 0.1) is 5.41 Å². The highest BCUT2D eigenvalue weighted by molar-refractivity contribution is 6.96. The van der Waals surface area contributed by atoms with Crippen LogP contribution < -0.4 is 0 Å². The van der Waals surface area contributed by atoms with E-state index in [1.807, 2.05) is 7.74 Å². The van der Waals surface area contributed by atoms with Crippen LogP contribution in [-0.2, 0) is 9.31 Å². The van der Waals surface area contributed by atoms with Gasteiger partial charge in [-0.15, -0.1) is 0 Å². The van der Waals surface area contributed by atoms with Gasteiger partial charge in [0.1, 0.15) is 0 Å². The van der Waals surface area contributed by atoms with Crippen LogP contribution >= 0.6 is 0 Å². The molecule has 2 unspecified atom stereocenters. The second-order valence-electron chi connectivity index (χ2n) is 7.20. The first-order valence-electron chi connectivity index (χ1n) is 7.08. The molecule has 1 aliphatic heterocycles. The van der Waals surface area contributed by atoms with Gasteiger partial charge in [-0.05, 0) is 31.6 Å². The van der Waals surface area contributed by atoms with Crippen LogP contribution in [0.5, 0.6) is 0 Å². The Bertz CT molecular complexity index is 308. The molecule has 2 fully saturated rings. The minimum atomic E-state index is -0.105. The van der Waals surface area contributed by atoms with E-state index in [1.54, 1.807) is 0 Å². The largest absolute Gasteiger partial charge is 0.416 e. The SMILES string of the molecule is BB1OC2(C)CCCC(C)(C)C2(BC(C)C)O1. The van der Waals surface area contributed by atoms with Crippen molar-refractivity contribution in [3.63, 3.8) is 0 Å². The molecule has 1 aliphatic carbocycles. The average molecular weight is 234 g/mol. The van der Waals surface area contributed by atoms with Crippen molar-refractivity contribution in [2.45, 2.75) is 70.8 Å². The summed E-state index contributed by atoms with van der Waals surface area (Å²) in [5.74, 6) is 0.639. The van der Waals surface area contributed by atoms with Gasteiger partial charge in [-0.1, -0.05) is 33.5 Å². The maximum atomic E-state index is 6.36. The number of fused-ring (bicyclic) bond motifs is 1. The molecule has 0 aromatic carbocycles. The lowest BCUT2D eigenvalue weighted by Gasteiger charge is -2.56. The van der Waals surface area contributed by atoms with Crippen molar-refractivity contribution in [2.75, 3.05) is 0 Å². The first-order valence-corrected chi connectivity index (χ1v) is 7.08. The molecule has 94 valence electrons. The molecule has 0 N–H and O–H groups in total. The molecule has 2 nitrogen and oxygen atoms in total. The van der Waals surface area contributed by atoms with Gasteiger partial charge in [0.2, 0.25) is 0 Å². The lowest BCUT2D eigenvalue weighted by molar-refractivity contribution is -0.0913. The van der Waals surface area contributed by atoms with E-state index >= 15 is 0 Å². The Hall–Kier alpha value is 0.115. The van der Waals surface area contributed by atoms with Crippen molar-refractivity contribution in [3.8, 4) is 0 Å². The first-order chi connectivity index (χ1) is 7.72. The molecule has 0 aromatic rings. The van der Waals surface area contributed by atoms with Crippen LogP contribution in [0.25, 0.3) is 0 Å². The van der Waals surface area contributed by atoms with Crippen LogP contribution in [0.1, 0.15) is 53.9 Å². The van der Waals surface area contributed by atoms with E-state index in [2.05, 4.69) is 34.6 Å². The molecule has 0 spiro atoms. The summed E-state index contributed by atoms with van der Waals surface area (Å²) >= 11 is 0. The summed E-state index contributed by atoms with van der Waals surface area (Å²) in [5.41, 5.74) is -0.000694. The van der Waals surface area contributed by atoms with Crippen LogP contribution in [-0.4, -0.2) is 33.1 Å².